The number of rotatable bonds is 2. The molecule has 134 valence electrons. The average Bonchev–Trinajstić information content (AvgIpc) is 2.97. The maximum Gasteiger partial charge on any atom is 0.297 e. The van der Waals surface area contributed by atoms with Crippen LogP contribution in [0.1, 0.15) is 19.4 Å². The van der Waals surface area contributed by atoms with Crippen LogP contribution in [0, 0.1) is 6.92 Å². The molecule has 0 aliphatic heterocycles. The Bertz CT molecular complexity index is 1350. The van der Waals surface area contributed by atoms with Crippen LogP contribution < -0.4 is 9.30 Å². The molecule has 5 rings (SSSR count). The molecule has 0 saturated heterocycles. The summed E-state index contributed by atoms with van der Waals surface area (Å²) in [6.07, 6.45) is 1.97. The number of imidazole rings is 1. The molecule has 0 spiro atoms. The molecule has 0 fully saturated rings. The number of aromatic nitrogens is 3. The Morgan fingerprint density at radius 1 is 1.00 bits per heavy atom. The van der Waals surface area contributed by atoms with Crippen LogP contribution in [0.5, 0.6) is 5.75 Å². The molecule has 3 aromatic heterocycles. The summed E-state index contributed by atoms with van der Waals surface area (Å²) in [7, 11) is 2.13. The highest BCUT2D eigenvalue weighted by Gasteiger charge is 2.25. The molecule has 0 bridgehead atoms. The molecule has 4 heteroatoms. The van der Waals surface area contributed by atoms with Gasteiger partial charge in [-0.25, -0.2) is 4.57 Å². The third-order valence-electron chi connectivity index (χ3n) is 5.29. The highest BCUT2D eigenvalue weighted by molar-refractivity contribution is 6.12. The van der Waals surface area contributed by atoms with Crippen molar-refractivity contribution in [2.45, 2.75) is 26.9 Å². The summed E-state index contributed by atoms with van der Waals surface area (Å²) >= 11 is 0. The van der Waals surface area contributed by atoms with Crippen molar-refractivity contribution in [2.24, 2.45) is 7.05 Å². The summed E-state index contributed by atoms with van der Waals surface area (Å²) in [6.45, 7) is 6.23. The second-order valence-corrected chi connectivity index (χ2v) is 7.36. The first-order valence-corrected chi connectivity index (χ1v) is 9.33. The zero-order chi connectivity index (χ0) is 18.7. The van der Waals surface area contributed by atoms with Crippen molar-refractivity contribution in [3.63, 3.8) is 0 Å². The van der Waals surface area contributed by atoms with E-state index in [1.807, 2.05) is 20.0 Å². The molecule has 0 atom stereocenters. The standard InChI is InChI=1S/C23H22N3O/c1-14(2)27-20-13-24-22-16-9-5-6-10-17(16)26-19-12-8-7-11-18(19)25(4)23(26)21(22)15(20)3/h5-14H,1-4H3/q+1. The normalized spacial score (nSPS) is 12.0. The predicted molar refractivity (Wildman–Crippen MR) is 109 cm³/mol. The summed E-state index contributed by atoms with van der Waals surface area (Å²) in [4.78, 5) is 4.83. The van der Waals surface area contributed by atoms with Crippen LogP contribution in [0.25, 0.3) is 38.5 Å². The topological polar surface area (TPSA) is 30.4 Å². The quantitative estimate of drug-likeness (QED) is 0.339. The van der Waals surface area contributed by atoms with Crippen molar-refractivity contribution < 1.29 is 9.30 Å². The molecule has 0 amide bonds. The van der Waals surface area contributed by atoms with Crippen LogP contribution >= 0.6 is 0 Å². The number of para-hydroxylation sites is 3. The summed E-state index contributed by atoms with van der Waals surface area (Å²) < 4.78 is 10.7. The van der Waals surface area contributed by atoms with Crippen molar-refractivity contribution in [1.82, 2.24) is 9.38 Å². The fourth-order valence-electron chi connectivity index (χ4n) is 4.14. The van der Waals surface area contributed by atoms with Gasteiger partial charge in [0.15, 0.2) is 11.0 Å². The van der Waals surface area contributed by atoms with E-state index < -0.39 is 0 Å². The number of hydrogen-bond acceptors (Lipinski definition) is 2. The summed E-state index contributed by atoms with van der Waals surface area (Å²) in [5.41, 5.74) is 6.85. The Morgan fingerprint density at radius 3 is 2.48 bits per heavy atom. The van der Waals surface area contributed by atoms with Gasteiger partial charge in [0.05, 0.1) is 30.3 Å². The summed E-state index contributed by atoms with van der Waals surface area (Å²) in [6, 6.07) is 17.0. The fourth-order valence-corrected chi connectivity index (χ4v) is 4.14. The zero-order valence-corrected chi connectivity index (χ0v) is 16.0. The maximum absolute atomic E-state index is 6.05. The molecule has 3 heterocycles. The van der Waals surface area contributed by atoms with Crippen molar-refractivity contribution in [3.8, 4) is 5.75 Å². The van der Waals surface area contributed by atoms with E-state index >= 15 is 0 Å². The molecule has 0 radical (unpaired) electrons. The molecular weight excluding hydrogens is 334 g/mol. The van der Waals surface area contributed by atoms with Gasteiger partial charge in [0.1, 0.15) is 11.3 Å². The van der Waals surface area contributed by atoms with E-state index in [-0.39, 0.29) is 6.10 Å². The maximum atomic E-state index is 6.05. The van der Waals surface area contributed by atoms with E-state index in [9.17, 15) is 0 Å². The number of aryl methyl sites for hydroxylation is 2. The fraction of sp³-hybridized carbons (Fsp3) is 0.217. The lowest BCUT2D eigenvalue weighted by Crippen LogP contribution is -2.27. The largest absolute Gasteiger partial charge is 0.489 e. The van der Waals surface area contributed by atoms with E-state index in [4.69, 9.17) is 9.72 Å². The lowest BCUT2D eigenvalue weighted by Gasteiger charge is -2.14. The van der Waals surface area contributed by atoms with Crippen LogP contribution in [0.15, 0.2) is 54.7 Å². The third-order valence-corrected chi connectivity index (χ3v) is 5.29. The Hall–Kier alpha value is -3.14. The van der Waals surface area contributed by atoms with E-state index in [0.29, 0.717) is 0 Å². The first-order chi connectivity index (χ1) is 13.1. The zero-order valence-electron chi connectivity index (χ0n) is 16.0. The van der Waals surface area contributed by atoms with Gasteiger partial charge in [-0.1, -0.05) is 24.3 Å². The molecule has 0 aliphatic rings. The Kier molecular flexibility index (Phi) is 3.38. The van der Waals surface area contributed by atoms with Gasteiger partial charge in [-0.2, -0.15) is 4.40 Å². The first-order valence-electron chi connectivity index (χ1n) is 9.33. The Balaban J connectivity index is 2.12. The van der Waals surface area contributed by atoms with Gasteiger partial charge in [-0.05, 0) is 45.0 Å². The molecule has 0 aliphatic carbocycles. The number of pyridine rings is 2. The van der Waals surface area contributed by atoms with Gasteiger partial charge in [-0.3, -0.25) is 4.98 Å². The van der Waals surface area contributed by atoms with Gasteiger partial charge >= 0.3 is 0 Å². The molecule has 2 aromatic carbocycles. The van der Waals surface area contributed by atoms with Gasteiger partial charge in [0.25, 0.3) is 5.65 Å². The van der Waals surface area contributed by atoms with Crippen LogP contribution in [-0.2, 0) is 7.05 Å². The van der Waals surface area contributed by atoms with Crippen LogP contribution in [-0.4, -0.2) is 15.5 Å². The minimum absolute atomic E-state index is 0.110. The van der Waals surface area contributed by atoms with Crippen molar-refractivity contribution >= 4 is 38.5 Å². The summed E-state index contributed by atoms with van der Waals surface area (Å²) in [5.74, 6) is 0.847. The van der Waals surface area contributed by atoms with Crippen molar-refractivity contribution in [3.05, 3.63) is 60.3 Å². The average molecular weight is 356 g/mol. The highest BCUT2D eigenvalue weighted by atomic mass is 16.5. The number of hydrogen-bond donors (Lipinski definition) is 0. The van der Waals surface area contributed by atoms with E-state index in [2.05, 4.69) is 71.5 Å². The molecule has 0 unspecified atom stereocenters. The lowest BCUT2D eigenvalue weighted by molar-refractivity contribution is -0.617. The minimum atomic E-state index is 0.110. The van der Waals surface area contributed by atoms with Gasteiger partial charge < -0.3 is 4.74 Å². The summed E-state index contributed by atoms with van der Waals surface area (Å²) in [5, 5.41) is 2.30. The molecule has 5 aromatic rings. The number of benzene rings is 2. The molecule has 4 nitrogen and oxygen atoms in total. The number of nitrogens with zero attached hydrogens (tertiary/aromatic N) is 3. The van der Waals surface area contributed by atoms with E-state index in [0.717, 1.165) is 33.2 Å². The third kappa shape index (κ3) is 2.16. The second kappa shape index (κ2) is 5.68. The van der Waals surface area contributed by atoms with Crippen molar-refractivity contribution in [2.75, 3.05) is 0 Å². The van der Waals surface area contributed by atoms with Gasteiger partial charge in [0, 0.05) is 10.9 Å². The molecule has 0 N–H and O–H groups in total. The number of fused-ring (bicyclic) bond motifs is 8. The first kappa shape index (κ1) is 16.1. The lowest BCUT2D eigenvalue weighted by atomic mass is 10.1. The van der Waals surface area contributed by atoms with Crippen LogP contribution in [0.4, 0.5) is 0 Å². The monoisotopic (exact) mass is 356 g/mol. The highest BCUT2D eigenvalue weighted by Crippen LogP contribution is 2.35. The van der Waals surface area contributed by atoms with Crippen LogP contribution in [0.2, 0.25) is 0 Å². The Labute approximate surface area is 157 Å². The van der Waals surface area contributed by atoms with Gasteiger partial charge in [-0.15, -0.1) is 0 Å². The second-order valence-electron chi connectivity index (χ2n) is 7.36. The van der Waals surface area contributed by atoms with E-state index in [1.54, 1.807) is 0 Å². The number of ether oxygens (including phenoxy) is 1. The smallest absolute Gasteiger partial charge is 0.297 e. The van der Waals surface area contributed by atoms with Crippen LogP contribution in [0.3, 0.4) is 0 Å². The van der Waals surface area contributed by atoms with Gasteiger partial charge in [0.2, 0.25) is 0 Å². The van der Waals surface area contributed by atoms with Crippen molar-refractivity contribution in [1.29, 1.82) is 0 Å². The predicted octanol–water partition coefficient (Wildman–Crippen LogP) is 4.71. The molecule has 27 heavy (non-hydrogen) atoms. The SMILES string of the molecule is Cc1c(OC(C)C)cnc2c3ccccc3n3c4ccccc4[n+](C)c3c12. The Morgan fingerprint density at radius 2 is 1.70 bits per heavy atom. The van der Waals surface area contributed by atoms with E-state index in [1.165, 1.54) is 16.6 Å². The minimum Gasteiger partial charge on any atom is -0.489 e. The molecule has 0 saturated carbocycles. The molecular formula is C23H22N3O+.